The molecule has 0 saturated heterocycles. The van der Waals surface area contributed by atoms with Gasteiger partial charge in [0.2, 0.25) is 0 Å². The zero-order chi connectivity index (χ0) is 37.6. The molecule has 0 unspecified atom stereocenters. The van der Waals surface area contributed by atoms with Crippen LogP contribution in [0, 0.1) is 0 Å². The molecule has 57 heavy (non-hydrogen) atoms. The van der Waals surface area contributed by atoms with Gasteiger partial charge in [0.15, 0.2) is 0 Å². The third-order valence-corrected chi connectivity index (χ3v) is 12.9. The van der Waals surface area contributed by atoms with Crippen LogP contribution in [0.1, 0.15) is 44.5 Å². The average molecular weight is 725 g/mol. The van der Waals surface area contributed by atoms with Crippen LogP contribution in [0.3, 0.4) is 0 Å². The van der Waals surface area contributed by atoms with Crippen LogP contribution in [0.4, 0.5) is 0 Å². The monoisotopic (exact) mass is 724 g/mol. The Balaban J connectivity index is 1.09. The van der Waals surface area contributed by atoms with Gasteiger partial charge >= 0.3 is 0 Å². The molecule has 1 spiro atoms. The van der Waals surface area contributed by atoms with Crippen LogP contribution in [0.5, 0.6) is 11.5 Å². The number of hydrogen-bond acceptors (Lipinski definition) is 1. The summed E-state index contributed by atoms with van der Waals surface area (Å²) in [6, 6.07) is 80.4. The van der Waals surface area contributed by atoms with Gasteiger partial charge in [-0.15, -0.1) is 0 Å². The fourth-order valence-corrected chi connectivity index (χ4v) is 10.6. The quantitative estimate of drug-likeness (QED) is 0.176. The molecule has 1 nitrogen and oxygen atoms in total. The Morgan fingerprint density at radius 1 is 0.246 bits per heavy atom. The molecule has 12 rings (SSSR count). The first-order chi connectivity index (χ1) is 28.3. The maximum absolute atomic E-state index is 6.79. The highest BCUT2D eigenvalue weighted by Crippen LogP contribution is 2.63. The molecule has 0 saturated carbocycles. The van der Waals surface area contributed by atoms with Crippen molar-refractivity contribution in [2.24, 2.45) is 0 Å². The largest absolute Gasteiger partial charge is 0.457 e. The smallest absolute Gasteiger partial charge is 0.132 e. The number of para-hydroxylation sites is 1. The number of hydrogen-bond donors (Lipinski definition) is 0. The number of rotatable bonds is 4. The maximum Gasteiger partial charge on any atom is 0.132 e. The van der Waals surface area contributed by atoms with Gasteiger partial charge in [-0.25, -0.2) is 0 Å². The number of benzene rings is 9. The van der Waals surface area contributed by atoms with E-state index in [2.05, 4.69) is 218 Å². The molecule has 1 heterocycles. The summed E-state index contributed by atoms with van der Waals surface area (Å²) < 4.78 is 6.79. The molecule has 0 aromatic heterocycles. The second-order valence-corrected chi connectivity index (χ2v) is 15.5. The van der Waals surface area contributed by atoms with Crippen LogP contribution >= 0.6 is 0 Å². The van der Waals surface area contributed by atoms with Gasteiger partial charge in [-0.1, -0.05) is 194 Å². The molecule has 9 aromatic rings. The van der Waals surface area contributed by atoms with Gasteiger partial charge in [0.05, 0.1) is 10.8 Å². The molecule has 1 heteroatoms. The molecule has 0 bridgehead atoms. The summed E-state index contributed by atoms with van der Waals surface area (Å²) in [5, 5.41) is 0. The molecule has 0 fully saturated rings. The van der Waals surface area contributed by atoms with E-state index in [4.69, 9.17) is 4.74 Å². The lowest BCUT2D eigenvalue weighted by molar-refractivity contribution is 0.436. The van der Waals surface area contributed by atoms with Gasteiger partial charge in [0.1, 0.15) is 11.5 Å². The Hall–Kier alpha value is -7.22. The van der Waals surface area contributed by atoms with Crippen LogP contribution in [-0.4, -0.2) is 0 Å². The molecule has 2 aliphatic carbocycles. The minimum absolute atomic E-state index is 0.467. The van der Waals surface area contributed by atoms with E-state index in [0.717, 1.165) is 17.1 Å². The van der Waals surface area contributed by atoms with Crippen LogP contribution in [0.15, 0.2) is 218 Å². The molecular weight excluding hydrogens is 689 g/mol. The predicted octanol–water partition coefficient (Wildman–Crippen LogP) is 13.9. The van der Waals surface area contributed by atoms with Crippen molar-refractivity contribution in [3.05, 3.63) is 263 Å². The average Bonchev–Trinajstić information content (AvgIpc) is 3.75. The second kappa shape index (κ2) is 12.1. The van der Waals surface area contributed by atoms with Crippen molar-refractivity contribution in [3.63, 3.8) is 0 Å². The van der Waals surface area contributed by atoms with Crippen LogP contribution in [-0.2, 0) is 10.8 Å². The molecule has 9 aromatic carbocycles. The first kappa shape index (κ1) is 32.1. The highest BCUT2D eigenvalue weighted by Gasteiger charge is 2.51. The van der Waals surface area contributed by atoms with Crippen molar-refractivity contribution in [1.29, 1.82) is 0 Å². The summed E-state index contributed by atoms with van der Waals surface area (Å²) in [6.07, 6.45) is 0. The maximum atomic E-state index is 6.79. The van der Waals surface area contributed by atoms with E-state index < -0.39 is 10.8 Å². The number of fused-ring (bicyclic) bond motifs is 12. The van der Waals surface area contributed by atoms with E-state index >= 15 is 0 Å². The Morgan fingerprint density at radius 2 is 0.632 bits per heavy atom. The predicted molar refractivity (Wildman–Crippen MR) is 232 cm³/mol. The molecular formula is C56H36O. The molecule has 0 amide bonds. The third kappa shape index (κ3) is 4.29. The fraction of sp³-hybridized carbons (Fsp3) is 0.0357. The van der Waals surface area contributed by atoms with E-state index in [1.54, 1.807) is 0 Å². The normalized spacial score (nSPS) is 14.4. The van der Waals surface area contributed by atoms with Crippen molar-refractivity contribution in [1.82, 2.24) is 0 Å². The van der Waals surface area contributed by atoms with Gasteiger partial charge < -0.3 is 4.74 Å². The van der Waals surface area contributed by atoms with Crippen molar-refractivity contribution in [3.8, 4) is 56.0 Å². The summed E-state index contributed by atoms with van der Waals surface area (Å²) in [6.45, 7) is 0. The lowest BCUT2D eigenvalue weighted by Gasteiger charge is -2.39. The van der Waals surface area contributed by atoms with E-state index in [9.17, 15) is 0 Å². The molecule has 1 aliphatic heterocycles. The highest BCUT2D eigenvalue weighted by atomic mass is 16.5. The van der Waals surface area contributed by atoms with Gasteiger partial charge in [0, 0.05) is 11.1 Å². The SMILES string of the molecule is c1ccc(C2(c3ccccc3)c3ccccc3-c3ccc(-c4ccccc4-c4ccc5c(c4)C4(c6ccccc6O5)c5ccccc5-c5ccccc54)cc32)cc1. The van der Waals surface area contributed by atoms with Crippen LogP contribution in [0.25, 0.3) is 44.5 Å². The van der Waals surface area contributed by atoms with Crippen molar-refractivity contribution in [2.45, 2.75) is 10.8 Å². The molecule has 266 valence electrons. The third-order valence-electron chi connectivity index (χ3n) is 12.9. The first-order valence-corrected chi connectivity index (χ1v) is 19.8. The Morgan fingerprint density at radius 3 is 1.19 bits per heavy atom. The molecule has 3 aliphatic rings. The van der Waals surface area contributed by atoms with Crippen LogP contribution < -0.4 is 4.74 Å². The lowest BCUT2D eigenvalue weighted by atomic mass is 9.65. The first-order valence-electron chi connectivity index (χ1n) is 19.8. The zero-order valence-corrected chi connectivity index (χ0v) is 31.2. The van der Waals surface area contributed by atoms with E-state index in [0.29, 0.717) is 0 Å². The summed E-state index contributed by atoms with van der Waals surface area (Å²) in [5.74, 6) is 1.80. The van der Waals surface area contributed by atoms with Gasteiger partial charge in [0.25, 0.3) is 0 Å². The summed E-state index contributed by atoms with van der Waals surface area (Å²) in [5.41, 5.74) is 19.0. The summed E-state index contributed by atoms with van der Waals surface area (Å²) >= 11 is 0. The van der Waals surface area contributed by atoms with Crippen LogP contribution in [0.2, 0.25) is 0 Å². The lowest BCUT2D eigenvalue weighted by Crippen LogP contribution is -2.32. The van der Waals surface area contributed by atoms with Gasteiger partial charge in [-0.2, -0.15) is 0 Å². The topological polar surface area (TPSA) is 9.23 Å². The van der Waals surface area contributed by atoms with Crippen molar-refractivity contribution < 1.29 is 4.74 Å². The van der Waals surface area contributed by atoms with E-state index in [1.165, 1.54) is 83.5 Å². The zero-order valence-electron chi connectivity index (χ0n) is 31.2. The van der Waals surface area contributed by atoms with E-state index in [-0.39, 0.29) is 0 Å². The Labute approximate surface area is 333 Å². The highest BCUT2D eigenvalue weighted by molar-refractivity contribution is 5.93. The summed E-state index contributed by atoms with van der Waals surface area (Å²) in [4.78, 5) is 0. The summed E-state index contributed by atoms with van der Waals surface area (Å²) in [7, 11) is 0. The Kier molecular flexibility index (Phi) is 6.83. The second-order valence-electron chi connectivity index (χ2n) is 15.5. The molecule has 0 N–H and O–H groups in total. The van der Waals surface area contributed by atoms with Gasteiger partial charge in [-0.3, -0.25) is 0 Å². The molecule has 0 atom stereocenters. The minimum Gasteiger partial charge on any atom is -0.457 e. The standard InChI is InChI=1S/C56H36O/c1-3-17-39(18-4-1)55(40-19-5-2-6-20-40)47-26-12-9-25-45(47)46-33-31-37(35-51(46)55)41-21-7-8-22-42(41)38-32-34-54-52(36-38)56(50-29-15-16-30-53(50)57-54)48-27-13-10-23-43(48)44-24-11-14-28-49(44)56/h1-36H. The Bertz CT molecular complexity index is 2960. The van der Waals surface area contributed by atoms with Crippen molar-refractivity contribution >= 4 is 0 Å². The van der Waals surface area contributed by atoms with E-state index in [1.807, 2.05) is 0 Å². The number of ether oxygens (including phenoxy) is 1. The fourth-order valence-electron chi connectivity index (χ4n) is 10.6. The van der Waals surface area contributed by atoms with Gasteiger partial charge in [-0.05, 0) is 102 Å². The minimum atomic E-state index is -0.521. The van der Waals surface area contributed by atoms with Crippen molar-refractivity contribution in [2.75, 3.05) is 0 Å². The molecule has 0 radical (unpaired) electrons.